The van der Waals surface area contributed by atoms with E-state index in [1.54, 1.807) is 15.9 Å². The van der Waals surface area contributed by atoms with Crippen molar-refractivity contribution in [1.29, 1.82) is 0 Å². The van der Waals surface area contributed by atoms with E-state index in [4.69, 9.17) is 0 Å². The maximum absolute atomic E-state index is 14.5. The van der Waals surface area contributed by atoms with Gasteiger partial charge in [0.05, 0.1) is 5.69 Å². The van der Waals surface area contributed by atoms with Gasteiger partial charge in [0, 0.05) is 44.0 Å². The molecule has 178 valence electrons. The summed E-state index contributed by atoms with van der Waals surface area (Å²) in [6.07, 6.45) is 4.53. The Labute approximate surface area is 194 Å². The van der Waals surface area contributed by atoms with E-state index in [1.807, 2.05) is 13.0 Å². The minimum Gasteiger partial charge on any atom is -0.356 e. The van der Waals surface area contributed by atoms with Crippen LogP contribution in [0.4, 0.5) is 36.6 Å². The van der Waals surface area contributed by atoms with Gasteiger partial charge in [-0.25, -0.2) is 27.8 Å². The molecule has 2 aromatic heterocycles. The van der Waals surface area contributed by atoms with Crippen LogP contribution in [0.2, 0.25) is 0 Å². The lowest BCUT2D eigenvalue weighted by atomic mass is 9.92. The van der Waals surface area contributed by atoms with Crippen molar-refractivity contribution in [3.8, 4) is 0 Å². The number of benzene rings is 1. The van der Waals surface area contributed by atoms with Crippen LogP contribution < -0.4 is 15.1 Å². The number of piperidine rings is 1. The standard InChI is InChI=1S/C23H25F3N8/c1-13-9-18(28-12-27-13)32-10-14-3-4-15(11-32)21(14)29-22-30-23-33(7-2-8-34(23)31-22)17-6-5-16(24)19(25)20(17)26/h5-6,9,12,14-15,21H,2-4,7-8,10-11H2,1H3,(H,29,31)/t14-,15+,21?. The average molecular weight is 471 g/mol. The highest BCUT2D eigenvalue weighted by molar-refractivity contribution is 5.60. The summed E-state index contributed by atoms with van der Waals surface area (Å²) in [6, 6.07) is 4.43. The first-order valence-corrected chi connectivity index (χ1v) is 11.6. The fraction of sp³-hybridized carbons (Fsp3) is 0.478. The summed E-state index contributed by atoms with van der Waals surface area (Å²) >= 11 is 0. The molecule has 2 aliphatic heterocycles. The maximum Gasteiger partial charge on any atom is 0.244 e. The Kier molecular flexibility index (Phi) is 5.07. The molecule has 2 bridgehead atoms. The monoisotopic (exact) mass is 470 g/mol. The van der Waals surface area contributed by atoms with Gasteiger partial charge in [0.15, 0.2) is 17.5 Å². The van der Waals surface area contributed by atoms with Gasteiger partial charge in [0.25, 0.3) is 0 Å². The Morgan fingerprint density at radius 1 is 1.00 bits per heavy atom. The lowest BCUT2D eigenvalue weighted by Gasteiger charge is -2.38. The van der Waals surface area contributed by atoms with Crippen molar-refractivity contribution in [2.24, 2.45) is 11.8 Å². The molecule has 3 aromatic rings. The number of hydrogen-bond donors (Lipinski definition) is 1. The number of nitrogens with zero attached hydrogens (tertiary/aromatic N) is 7. The number of rotatable bonds is 4. The molecule has 0 radical (unpaired) electrons. The smallest absolute Gasteiger partial charge is 0.244 e. The highest BCUT2D eigenvalue weighted by atomic mass is 19.2. The number of anilines is 4. The van der Waals surface area contributed by atoms with Crippen molar-refractivity contribution in [2.45, 2.75) is 38.8 Å². The van der Waals surface area contributed by atoms with Crippen LogP contribution in [0.1, 0.15) is 25.0 Å². The van der Waals surface area contributed by atoms with Crippen LogP contribution in [0.5, 0.6) is 0 Å². The molecule has 1 unspecified atom stereocenters. The van der Waals surface area contributed by atoms with Crippen molar-refractivity contribution in [2.75, 3.05) is 34.8 Å². The molecule has 1 saturated carbocycles. The molecule has 11 heteroatoms. The highest BCUT2D eigenvalue weighted by Gasteiger charge is 2.43. The Hall–Kier alpha value is -3.37. The van der Waals surface area contributed by atoms with Gasteiger partial charge in [-0.3, -0.25) is 0 Å². The zero-order chi connectivity index (χ0) is 23.4. The molecule has 34 heavy (non-hydrogen) atoms. The third-order valence-corrected chi connectivity index (χ3v) is 7.19. The molecule has 0 amide bonds. The summed E-state index contributed by atoms with van der Waals surface area (Å²) < 4.78 is 43.5. The summed E-state index contributed by atoms with van der Waals surface area (Å²) in [5.41, 5.74) is 0.916. The topological polar surface area (TPSA) is 75.0 Å². The molecule has 1 aliphatic carbocycles. The molecule has 1 N–H and O–H groups in total. The minimum atomic E-state index is -1.48. The lowest BCUT2D eigenvalue weighted by Crippen LogP contribution is -2.48. The summed E-state index contributed by atoms with van der Waals surface area (Å²) in [5, 5.41) is 8.14. The van der Waals surface area contributed by atoms with Crippen LogP contribution in [0, 0.1) is 36.2 Å². The van der Waals surface area contributed by atoms with Gasteiger partial charge in [-0.05, 0) is 50.2 Å². The first-order valence-electron chi connectivity index (χ1n) is 11.6. The summed E-state index contributed by atoms with van der Waals surface area (Å²) in [7, 11) is 0. The molecule has 8 nitrogen and oxygen atoms in total. The second-order valence-corrected chi connectivity index (χ2v) is 9.35. The van der Waals surface area contributed by atoms with Crippen LogP contribution in [0.25, 0.3) is 0 Å². The van der Waals surface area contributed by atoms with E-state index >= 15 is 0 Å². The van der Waals surface area contributed by atoms with Crippen molar-refractivity contribution >= 4 is 23.4 Å². The number of nitrogens with one attached hydrogen (secondary N) is 1. The number of aromatic nitrogens is 5. The van der Waals surface area contributed by atoms with Gasteiger partial charge < -0.3 is 15.1 Å². The molecule has 3 atom stereocenters. The first-order chi connectivity index (χ1) is 16.5. The van der Waals surface area contributed by atoms with Crippen molar-refractivity contribution in [1.82, 2.24) is 24.7 Å². The van der Waals surface area contributed by atoms with Crippen LogP contribution in [-0.2, 0) is 6.54 Å². The minimum absolute atomic E-state index is 0.0349. The third kappa shape index (κ3) is 3.54. The van der Waals surface area contributed by atoms with Crippen LogP contribution in [0.15, 0.2) is 24.5 Å². The van der Waals surface area contributed by atoms with Crippen LogP contribution >= 0.6 is 0 Å². The van der Waals surface area contributed by atoms with E-state index < -0.39 is 17.5 Å². The van der Waals surface area contributed by atoms with E-state index in [2.05, 4.69) is 30.3 Å². The Morgan fingerprint density at radius 3 is 2.56 bits per heavy atom. The summed E-state index contributed by atoms with van der Waals surface area (Å²) in [5.74, 6) is -1.17. The molecule has 3 aliphatic rings. The van der Waals surface area contributed by atoms with Crippen LogP contribution in [-0.4, -0.2) is 50.4 Å². The zero-order valence-electron chi connectivity index (χ0n) is 18.8. The molecular formula is C23H25F3N8. The summed E-state index contributed by atoms with van der Waals surface area (Å²) in [6.45, 7) is 4.83. The van der Waals surface area contributed by atoms with E-state index in [1.165, 1.54) is 6.07 Å². The normalized spacial score (nSPS) is 23.8. The van der Waals surface area contributed by atoms with E-state index in [0.717, 1.165) is 43.5 Å². The molecule has 6 rings (SSSR count). The number of fused-ring (bicyclic) bond motifs is 3. The zero-order valence-corrected chi connectivity index (χ0v) is 18.8. The second kappa shape index (κ2) is 8.14. The van der Waals surface area contributed by atoms with Gasteiger partial charge in [0.1, 0.15) is 12.1 Å². The van der Waals surface area contributed by atoms with Gasteiger partial charge in [0.2, 0.25) is 11.9 Å². The van der Waals surface area contributed by atoms with E-state index in [9.17, 15) is 13.2 Å². The molecule has 0 spiro atoms. The molecule has 4 heterocycles. The van der Waals surface area contributed by atoms with Gasteiger partial charge in [-0.2, -0.15) is 4.98 Å². The number of aryl methyl sites for hydroxylation is 2. The fourth-order valence-electron chi connectivity index (χ4n) is 5.58. The average Bonchev–Trinajstić information content (AvgIpc) is 3.33. The van der Waals surface area contributed by atoms with Gasteiger partial charge in [-0.15, -0.1) is 5.10 Å². The Morgan fingerprint density at radius 2 is 1.79 bits per heavy atom. The summed E-state index contributed by atoms with van der Waals surface area (Å²) in [4.78, 5) is 17.2. The largest absolute Gasteiger partial charge is 0.356 e. The van der Waals surface area contributed by atoms with Gasteiger partial charge in [-0.1, -0.05) is 0 Å². The van der Waals surface area contributed by atoms with Crippen molar-refractivity contribution in [3.63, 3.8) is 0 Å². The van der Waals surface area contributed by atoms with E-state index in [-0.39, 0.29) is 11.7 Å². The van der Waals surface area contributed by atoms with Gasteiger partial charge >= 0.3 is 0 Å². The number of halogens is 3. The first kappa shape index (κ1) is 21.2. The Balaban J connectivity index is 1.22. The molecule has 2 fully saturated rings. The highest BCUT2D eigenvalue weighted by Crippen LogP contribution is 2.40. The van der Waals surface area contributed by atoms with Crippen molar-refractivity contribution < 1.29 is 13.2 Å². The Bertz CT molecular complexity index is 1220. The third-order valence-electron chi connectivity index (χ3n) is 7.19. The molecular weight excluding hydrogens is 445 g/mol. The lowest BCUT2D eigenvalue weighted by molar-refractivity contribution is 0.374. The van der Waals surface area contributed by atoms with E-state index in [0.29, 0.717) is 43.2 Å². The second-order valence-electron chi connectivity index (χ2n) is 9.35. The molecule has 1 aromatic carbocycles. The van der Waals surface area contributed by atoms with Crippen molar-refractivity contribution in [3.05, 3.63) is 47.7 Å². The fourth-order valence-corrected chi connectivity index (χ4v) is 5.58. The number of hydrogen-bond acceptors (Lipinski definition) is 7. The quantitative estimate of drug-likeness (QED) is 0.584. The SMILES string of the molecule is Cc1cc(N2C[C@H]3CC[C@@H](C2)C3Nc2nc3n(n2)CCCN3c2ccc(F)c(F)c2F)ncn1. The predicted molar refractivity (Wildman–Crippen MR) is 121 cm³/mol. The van der Waals surface area contributed by atoms with Crippen LogP contribution in [0.3, 0.4) is 0 Å². The maximum atomic E-state index is 14.5. The predicted octanol–water partition coefficient (Wildman–Crippen LogP) is 3.66. The molecule has 1 saturated heterocycles.